The maximum atomic E-state index is 12.6. The van der Waals surface area contributed by atoms with E-state index in [9.17, 15) is 9.59 Å². The van der Waals surface area contributed by atoms with Crippen molar-refractivity contribution < 1.29 is 9.59 Å². The number of hydrazine groups is 1. The lowest BCUT2D eigenvalue weighted by Gasteiger charge is -2.39. The molecule has 1 unspecified atom stereocenters. The molecule has 3 amide bonds. The molecule has 0 radical (unpaired) electrons. The number of amides is 3. The Balaban J connectivity index is 1.37. The Morgan fingerprint density at radius 2 is 1.58 bits per heavy atom. The van der Waals surface area contributed by atoms with E-state index in [1.165, 1.54) is 18.0 Å². The molecule has 7 nitrogen and oxygen atoms in total. The summed E-state index contributed by atoms with van der Waals surface area (Å²) in [5, 5.41) is 0. The maximum Gasteiger partial charge on any atom is 0.336 e. The third kappa shape index (κ3) is 3.24. The molecule has 2 aromatic rings. The van der Waals surface area contributed by atoms with Crippen LogP contribution >= 0.6 is 0 Å². The van der Waals surface area contributed by atoms with Gasteiger partial charge in [0, 0.05) is 24.5 Å². The fourth-order valence-electron chi connectivity index (χ4n) is 4.15. The minimum absolute atomic E-state index is 0.0264. The van der Waals surface area contributed by atoms with Gasteiger partial charge in [-0.3, -0.25) is 10.2 Å². The average molecular weight is 351 g/mol. The summed E-state index contributed by atoms with van der Waals surface area (Å²) in [5.41, 5.74) is 6.26. The third-order valence-electron chi connectivity index (χ3n) is 5.29. The second kappa shape index (κ2) is 7.11. The SMILES string of the molecule is O=C(NNC(=O)N1[C@@H]2CC[C@H]1CC(c1ccccc1)C2)c1ncccn1. The van der Waals surface area contributed by atoms with Crippen LogP contribution in [0.4, 0.5) is 4.79 Å². The highest BCUT2D eigenvalue weighted by molar-refractivity contribution is 5.91. The number of carbonyl (C=O) groups excluding carboxylic acids is 2. The molecule has 2 bridgehead atoms. The minimum Gasteiger partial charge on any atom is -0.317 e. The highest BCUT2D eigenvalue weighted by atomic mass is 16.2. The molecule has 2 aliphatic heterocycles. The van der Waals surface area contributed by atoms with Gasteiger partial charge in [0.25, 0.3) is 0 Å². The van der Waals surface area contributed by atoms with Crippen molar-refractivity contribution >= 4 is 11.9 Å². The van der Waals surface area contributed by atoms with Crippen molar-refractivity contribution in [2.24, 2.45) is 0 Å². The van der Waals surface area contributed by atoms with Gasteiger partial charge in [-0.2, -0.15) is 0 Å². The number of piperidine rings is 1. The molecule has 1 aromatic heterocycles. The third-order valence-corrected chi connectivity index (χ3v) is 5.29. The van der Waals surface area contributed by atoms with Crippen molar-refractivity contribution in [2.75, 3.05) is 0 Å². The van der Waals surface area contributed by atoms with Gasteiger partial charge in [0.2, 0.25) is 5.82 Å². The van der Waals surface area contributed by atoms with Crippen molar-refractivity contribution in [3.63, 3.8) is 0 Å². The second-order valence-electron chi connectivity index (χ2n) is 6.83. The molecule has 7 heteroatoms. The molecule has 2 N–H and O–H groups in total. The molecule has 0 spiro atoms. The van der Waals surface area contributed by atoms with Crippen LogP contribution in [-0.2, 0) is 0 Å². The van der Waals surface area contributed by atoms with E-state index in [2.05, 4.69) is 45.1 Å². The van der Waals surface area contributed by atoms with E-state index < -0.39 is 5.91 Å². The Morgan fingerprint density at radius 3 is 2.23 bits per heavy atom. The number of hydrogen-bond acceptors (Lipinski definition) is 4. The average Bonchev–Trinajstić information content (AvgIpc) is 2.96. The van der Waals surface area contributed by atoms with Crippen LogP contribution in [-0.4, -0.2) is 38.9 Å². The number of benzene rings is 1. The van der Waals surface area contributed by atoms with E-state index >= 15 is 0 Å². The van der Waals surface area contributed by atoms with Gasteiger partial charge in [0.05, 0.1) is 0 Å². The van der Waals surface area contributed by atoms with E-state index in [0.717, 1.165) is 25.7 Å². The van der Waals surface area contributed by atoms with Gasteiger partial charge < -0.3 is 4.90 Å². The number of fused-ring (bicyclic) bond motifs is 2. The van der Waals surface area contributed by atoms with Gasteiger partial charge >= 0.3 is 11.9 Å². The summed E-state index contributed by atoms with van der Waals surface area (Å²) in [6.45, 7) is 0. The largest absolute Gasteiger partial charge is 0.336 e. The Kier molecular flexibility index (Phi) is 4.51. The van der Waals surface area contributed by atoms with Crippen molar-refractivity contribution in [2.45, 2.75) is 43.7 Å². The fraction of sp³-hybridized carbons (Fsp3) is 0.368. The topological polar surface area (TPSA) is 87.2 Å². The zero-order chi connectivity index (χ0) is 17.9. The van der Waals surface area contributed by atoms with E-state index in [-0.39, 0.29) is 23.9 Å². The van der Waals surface area contributed by atoms with Crippen molar-refractivity contribution in [1.29, 1.82) is 0 Å². The Bertz CT molecular complexity index is 769. The molecule has 2 aliphatic rings. The molecule has 4 rings (SSSR count). The van der Waals surface area contributed by atoms with E-state index in [4.69, 9.17) is 0 Å². The van der Waals surface area contributed by atoms with Gasteiger partial charge in [-0.25, -0.2) is 20.2 Å². The monoisotopic (exact) mass is 351 g/mol. The molecule has 0 saturated carbocycles. The highest BCUT2D eigenvalue weighted by Gasteiger charge is 2.43. The van der Waals surface area contributed by atoms with E-state index in [0.29, 0.717) is 5.92 Å². The van der Waals surface area contributed by atoms with Crippen molar-refractivity contribution in [3.8, 4) is 0 Å². The summed E-state index contributed by atoms with van der Waals surface area (Å²) in [6.07, 6.45) is 6.91. The Morgan fingerprint density at radius 1 is 0.923 bits per heavy atom. The summed E-state index contributed by atoms with van der Waals surface area (Å²) in [5.74, 6) is -0.00548. The molecule has 0 aliphatic carbocycles. The Labute approximate surface area is 151 Å². The normalized spacial score (nSPS) is 24.2. The van der Waals surface area contributed by atoms with Gasteiger partial charge in [-0.1, -0.05) is 30.3 Å². The van der Waals surface area contributed by atoms with Crippen LogP contribution in [0.5, 0.6) is 0 Å². The van der Waals surface area contributed by atoms with Crippen molar-refractivity contribution in [3.05, 3.63) is 60.2 Å². The van der Waals surface area contributed by atoms with Crippen LogP contribution in [0.3, 0.4) is 0 Å². The molecule has 134 valence electrons. The van der Waals surface area contributed by atoms with Crippen LogP contribution < -0.4 is 10.9 Å². The first-order valence-corrected chi connectivity index (χ1v) is 8.93. The summed E-state index contributed by atoms with van der Waals surface area (Å²) >= 11 is 0. The smallest absolute Gasteiger partial charge is 0.317 e. The Hall–Kier alpha value is -2.96. The number of nitrogens with zero attached hydrogens (tertiary/aromatic N) is 3. The van der Waals surface area contributed by atoms with Gasteiger partial charge in [0.15, 0.2) is 0 Å². The molecule has 3 atom stereocenters. The number of rotatable bonds is 2. The van der Waals surface area contributed by atoms with Crippen LogP contribution in [0.15, 0.2) is 48.8 Å². The lowest BCUT2D eigenvalue weighted by molar-refractivity contribution is 0.0903. The molecule has 3 heterocycles. The standard InChI is InChI=1S/C19H21N5O2/c25-18(17-20-9-4-10-21-17)22-23-19(26)24-15-7-8-16(24)12-14(11-15)13-5-2-1-3-6-13/h1-6,9-10,14-16H,7-8,11-12H2,(H,22,25)(H,23,26)/t14?,15-,16+. The van der Waals surface area contributed by atoms with Gasteiger partial charge in [-0.05, 0) is 43.2 Å². The van der Waals surface area contributed by atoms with Crippen molar-refractivity contribution in [1.82, 2.24) is 25.7 Å². The summed E-state index contributed by atoms with van der Waals surface area (Å²) in [4.78, 5) is 34.2. The predicted molar refractivity (Wildman–Crippen MR) is 95.1 cm³/mol. The molecule has 1 aromatic carbocycles. The van der Waals surface area contributed by atoms with Crippen LogP contribution in [0.1, 0.15) is 47.8 Å². The van der Waals surface area contributed by atoms with E-state index in [1.54, 1.807) is 6.07 Å². The fourth-order valence-corrected chi connectivity index (χ4v) is 4.15. The lowest BCUT2D eigenvalue weighted by Crippen LogP contribution is -2.55. The minimum atomic E-state index is -0.523. The highest BCUT2D eigenvalue weighted by Crippen LogP contribution is 2.42. The first-order valence-electron chi connectivity index (χ1n) is 8.93. The summed E-state index contributed by atoms with van der Waals surface area (Å²) in [7, 11) is 0. The zero-order valence-electron chi connectivity index (χ0n) is 14.3. The molecular weight excluding hydrogens is 330 g/mol. The lowest BCUT2D eigenvalue weighted by atomic mass is 9.85. The van der Waals surface area contributed by atoms with Crippen LogP contribution in [0.25, 0.3) is 0 Å². The first kappa shape index (κ1) is 16.5. The summed E-state index contributed by atoms with van der Waals surface area (Å²) < 4.78 is 0. The maximum absolute atomic E-state index is 12.6. The van der Waals surface area contributed by atoms with Crippen LogP contribution in [0, 0.1) is 0 Å². The number of urea groups is 1. The van der Waals surface area contributed by atoms with E-state index in [1.807, 2.05) is 11.0 Å². The number of carbonyl (C=O) groups is 2. The molecular formula is C19H21N5O2. The zero-order valence-corrected chi connectivity index (χ0v) is 14.3. The molecule has 26 heavy (non-hydrogen) atoms. The summed E-state index contributed by atoms with van der Waals surface area (Å²) in [6, 6.07) is 12.3. The first-order chi connectivity index (χ1) is 12.7. The number of nitrogens with one attached hydrogen (secondary N) is 2. The predicted octanol–water partition coefficient (Wildman–Crippen LogP) is 2.24. The molecule has 2 saturated heterocycles. The number of aromatic nitrogens is 2. The number of hydrogen-bond donors (Lipinski definition) is 2. The second-order valence-corrected chi connectivity index (χ2v) is 6.83. The van der Waals surface area contributed by atoms with Gasteiger partial charge in [0.1, 0.15) is 0 Å². The molecule has 2 fully saturated rings. The van der Waals surface area contributed by atoms with Crippen LogP contribution in [0.2, 0.25) is 0 Å². The quantitative estimate of drug-likeness (QED) is 0.813. The van der Waals surface area contributed by atoms with Gasteiger partial charge in [-0.15, -0.1) is 0 Å².